The molecule has 2 aliphatic rings. The van der Waals surface area contributed by atoms with Crippen LogP contribution < -0.4 is 14.2 Å². The number of rotatable bonds is 7. The maximum Gasteiger partial charge on any atom is 0.229 e. The number of nitrogens with one attached hydrogen (secondary N) is 2. The van der Waals surface area contributed by atoms with Gasteiger partial charge in [0.2, 0.25) is 20.0 Å². The quantitative estimate of drug-likeness (QED) is 0.632. The highest BCUT2D eigenvalue weighted by Crippen LogP contribution is 2.41. The molecule has 0 aliphatic carbocycles. The molecule has 0 bridgehead atoms. The highest BCUT2D eigenvalue weighted by Gasteiger charge is 2.42. The Morgan fingerprint density at radius 3 is 2.31 bits per heavy atom. The minimum atomic E-state index is -3.32. The van der Waals surface area contributed by atoms with Crippen LogP contribution in [0.3, 0.4) is 0 Å². The van der Waals surface area contributed by atoms with Crippen molar-refractivity contribution in [2.24, 2.45) is 0 Å². The van der Waals surface area contributed by atoms with Crippen molar-refractivity contribution >= 4 is 31.4 Å². The van der Waals surface area contributed by atoms with Crippen LogP contribution in [0, 0.1) is 0 Å². The molecule has 1 spiro atoms. The number of sulfonamides is 2. The third-order valence-electron chi connectivity index (χ3n) is 5.80. The monoisotopic (exact) mass is 479 g/mol. The largest absolute Gasteiger partial charge is 0.485 e. The van der Waals surface area contributed by atoms with Gasteiger partial charge in [0.25, 0.3) is 0 Å². The summed E-state index contributed by atoms with van der Waals surface area (Å²) in [5.41, 5.74) is 3.04. The zero-order valence-electron chi connectivity index (χ0n) is 18.3. The van der Waals surface area contributed by atoms with E-state index in [1.54, 1.807) is 18.2 Å². The van der Waals surface area contributed by atoms with Gasteiger partial charge in [-0.3, -0.25) is 14.3 Å². The van der Waals surface area contributed by atoms with Gasteiger partial charge < -0.3 is 4.74 Å². The van der Waals surface area contributed by atoms with Crippen LogP contribution in [-0.4, -0.2) is 59.5 Å². The number of nitrogens with zero attached hydrogens (tertiary/aromatic N) is 1. The van der Waals surface area contributed by atoms with E-state index in [-0.39, 0.29) is 5.60 Å². The summed E-state index contributed by atoms with van der Waals surface area (Å²) in [4.78, 5) is 2.41. The second kappa shape index (κ2) is 8.57. The van der Waals surface area contributed by atoms with Gasteiger partial charge in [-0.1, -0.05) is 12.1 Å². The Bertz CT molecular complexity index is 1200. The second-order valence-electron chi connectivity index (χ2n) is 8.86. The lowest BCUT2D eigenvalue weighted by molar-refractivity contribution is 0.00876. The van der Waals surface area contributed by atoms with Gasteiger partial charge in [0.1, 0.15) is 11.4 Å². The molecule has 2 aromatic rings. The summed E-state index contributed by atoms with van der Waals surface area (Å²) in [5.74, 6) is 0.833. The molecule has 1 fully saturated rings. The standard InChI is InChI=1S/C22H29N3O5S2/c1-31(26,27)23-19-6-4-17(5-7-19)10-13-25-12-3-11-22(16-25)15-18-14-20(24-32(2,28)29)8-9-21(18)30-22/h4-9,14,23-24H,3,10-13,15-16H2,1-2H3. The van der Waals surface area contributed by atoms with Crippen molar-refractivity contribution in [2.75, 3.05) is 41.6 Å². The maximum absolute atomic E-state index is 11.5. The zero-order chi connectivity index (χ0) is 23.0. The molecule has 10 heteroatoms. The van der Waals surface area contributed by atoms with Gasteiger partial charge in [0.05, 0.1) is 12.5 Å². The van der Waals surface area contributed by atoms with Gasteiger partial charge in [-0.25, -0.2) is 16.8 Å². The number of anilines is 2. The van der Waals surface area contributed by atoms with Gasteiger partial charge in [-0.2, -0.15) is 0 Å². The molecule has 4 rings (SSSR count). The highest BCUT2D eigenvalue weighted by molar-refractivity contribution is 7.92. The first-order chi connectivity index (χ1) is 15.0. The fourth-order valence-electron chi connectivity index (χ4n) is 4.56. The molecule has 2 heterocycles. The Balaban J connectivity index is 1.36. The summed E-state index contributed by atoms with van der Waals surface area (Å²) in [7, 11) is -6.59. The molecule has 32 heavy (non-hydrogen) atoms. The molecule has 0 aromatic heterocycles. The molecule has 2 N–H and O–H groups in total. The molecule has 0 amide bonds. The first kappa shape index (κ1) is 22.9. The van der Waals surface area contributed by atoms with Gasteiger partial charge in [0.15, 0.2) is 0 Å². The van der Waals surface area contributed by atoms with Gasteiger partial charge >= 0.3 is 0 Å². The Morgan fingerprint density at radius 2 is 1.62 bits per heavy atom. The summed E-state index contributed by atoms with van der Waals surface area (Å²) in [6.45, 7) is 2.72. The SMILES string of the molecule is CS(=O)(=O)Nc1ccc(CCN2CCCC3(Cc4cc(NS(C)(=O)=O)ccc4O3)C2)cc1. The topological polar surface area (TPSA) is 105 Å². The van der Waals surface area contributed by atoms with Crippen LogP contribution in [0.15, 0.2) is 42.5 Å². The van der Waals surface area contributed by atoms with E-state index >= 15 is 0 Å². The van der Waals surface area contributed by atoms with Crippen molar-refractivity contribution in [1.82, 2.24) is 4.90 Å². The van der Waals surface area contributed by atoms with Crippen LogP contribution in [0.5, 0.6) is 5.75 Å². The van der Waals surface area contributed by atoms with E-state index < -0.39 is 20.0 Å². The third-order valence-corrected chi connectivity index (χ3v) is 7.01. The minimum Gasteiger partial charge on any atom is -0.485 e. The summed E-state index contributed by atoms with van der Waals surface area (Å²) in [6, 6.07) is 12.9. The molecular weight excluding hydrogens is 450 g/mol. The smallest absolute Gasteiger partial charge is 0.229 e. The maximum atomic E-state index is 11.5. The minimum absolute atomic E-state index is 0.270. The number of hydrogen-bond donors (Lipinski definition) is 2. The Hall–Kier alpha value is -2.30. The van der Waals surface area contributed by atoms with E-state index in [0.717, 1.165) is 74.7 Å². The molecule has 174 valence electrons. The molecule has 1 unspecified atom stereocenters. The first-order valence-corrected chi connectivity index (χ1v) is 14.4. The van der Waals surface area contributed by atoms with E-state index in [1.165, 1.54) is 0 Å². The summed E-state index contributed by atoms with van der Waals surface area (Å²) >= 11 is 0. The highest BCUT2D eigenvalue weighted by atomic mass is 32.2. The fraction of sp³-hybridized carbons (Fsp3) is 0.455. The number of ether oxygens (including phenoxy) is 1. The summed E-state index contributed by atoms with van der Waals surface area (Å²) in [6.07, 6.45) is 5.93. The van der Waals surface area contributed by atoms with Crippen LogP contribution >= 0.6 is 0 Å². The lowest BCUT2D eigenvalue weighted by Gasteiger charge is -2.39. The van der Waals surface area contributed by atoms with Crippen molar-refractivity contribution in [3.63, 3.8) is 0 Å². The van der Waals surface area contributed by atoms with E-state index in [4.69, 9.17) is 4.74 Å². The van der Waals surface area contributed by atoms with Crippen LogP contribution in [0.1, 0.15) is 24.0 Å². The van der Waals surface area contributed by atoms with Gasteiger partial charge in [-0.05, 0) is 61.7 Å². The van der Waals surface area contributed by atoms with Crippen molar-refractivity contribution in [3.05, 3.63) is 53.6 Å². The average molecular weight is 480 g/mol. The fourth-order valence-corrected chi connectivity index (χ4v) is 5.68. The van der Waals surface area contributed by atoms with E-state index in [0.29, 0.717) is 11.4 Å². The lowest BCUT2D eigenvalue weighted by Crippen LogP contribution is -2.51. The lowest BCUT2D eigenvalue weighted by atomic mass is 9.88. The third kappa shape index (κ3) is 5.93. The molecular formula is C22H29N3O5S2. The molecule has 1 atom stereocenters. The van der Waals surface area contributed by atoms with Crippen molar-refractivity contribution in [3.8, 4) is 5.75 Å². The van der Waals surface area contributed by atoms with Crippen molar-refractivity contribution < 1.29 is 21.6 Å². The average Bonchev–Trinajstić information content (AvgIpc) is 3.01. The van der Waals surface area contributed by atoms with Gasteiger partial charge in [-0.15, -0.1) is 0 Å². The second-order valence-corrected chi connectivity index (χ2v) is 12.4. The predicted molar refractivity (Wildman–Crippen MR) is 126 cm³/mol. The first-order valence-electron chi connectivity index (χ1n) is 10.6. The molecule has 8 nitrogen and oxygen atoms in total. The van der Waals surface area contributed by atoms with Crippen LogP contribution in [0.2, 0.25) is 0 Å². The van der Waals surface area contributed by atoms with Crippen molar-refractivity contribution in [1.29, 1.82) is 0 Å². The van der Waals surface area contributed by atoms with E-state index in [1.807, 2.05) is 24.3 Å². The molecule has 0 saturated carbocycles. The van der Waals surface area contributed by atoms with E-state index in [9.17, 15) is 16.8 Å². The molecule has 1 saturated heterocycles. The Labute approximate surface area is 190 Å². The van der Waals surface area contributed by atoms with Crippen LogP contribution in [0.4, 0.5) is 11.4 Å². The molecule has 2 aromatic carbocycles. The number of benzene rings is 2. The summed E-state index contributed by atoms with van der Waals surface area (Å²) < 4.78 is 57.1. The summed E-state index contributed by atoms with van der Waals surface area (Å²) in [5, 5.41) is 0. The molecule has 0 radical (unpaired) electrons. The van der Waals surface area contributed by atoms with E-state index in [2.05, 4.69) is 14.3 Å². The number of fused-ring (bicyclic) bond motifs is 1. The van der Waals surface area contributed by atoms with Crippen LogP contribution in [0.25, 0.3) is 0 Å². The van der Waals surface area contributed by atoms with Crippen LogP contribution in [-0.2, 0) is 32.9 Å². The zero-order valence-corrected chi connectivity index (χ0v) is 19.9. The number of piperidine rings is 1. The normalized spacial score (nSPS) is 21.2. The molecule has 2 aliphatic heterocycles. The number of likely N-dealkylation sites (tertiary alicyclic amines) is 1. The van der Waals surface area contributed by atoms with Crippen molar-refractivity contribution in [2.45, 2.75) is 31.3 Å². The number of hydrogen-bond acceptors (Lipinski definition) is 6. The Morgan fingerprint density at radius 1 is 0.969 bits per heavy atom. The Kier molecular flexibility index (Phi) is 6.12. The van der Waals surface area contributed by atoms with Gasteiger partial charge in [0, 0.05) is 36.4 Å². The predicted octanol–water partition coefficient (Wildman–Crippen LogP) is 2.44.